The first-order chi connectivity index (χ1) is 12.8. The number of nitrogen functional groups attached to an aromatic ring is 1. The standard InChI is InChI=1S/C19H21N5O2/c20-16-5-6-17(21-12-16)11-18-22-19(23-26-18)15-3-1-14(2-4-15)13-24-7-9-25-10-8-24/h1-6,12H,7-11,13,20H2. The predicted molar refractivity (Wildman–Crippen MR) is 97.3 cm³/mol. The average molecular weight is 351 g/mol. The number of pyridine rings is 1. The zero-order valence-electron chi connectivity index (χ0n) is 14.5. The highest BCUT2D eigenvalue weighted by Crippen LogP contribution is 2.18. The zero-order chi connectivity index (χ0) is 17.8. The third-order valence-corrected chi connectivity index (χ3v) is 4.37. The Morgan fingerprint density at radius 3 is 2.58 bits per heavy atom. The van der Waals surface area contributed by atoms with E-state index in [1.807, 2.05) is 24.3 Å². The maximum Gasteiger partial charge on any atom is 0.232 e. The second-order valence-corrected chi connectivity index (χ2v) is 6.36. The number of ether oxygens (including phenoxy) is 1. The number of hydrogen-bond donors (Lipinski definition) is 1. The summed E-state index contributed by atoms with van der Waals surface area (Å²) in [5.41, 5.74) is 9.34. The normalized spacial score (nSPS) is 15.2. The number of nitrogens with two attached hydrogens (primary N) is 1. The molecule has 1 aliphatic heterocycles. The van der Waals surface area contributed by atoms with E-state index in [9.17, 15) is 0 Å². The van der Waals surface area contributed by atoms with Gasteiger partial charge in [-0.1, -0.05) is 29.4 Å². The predicted octanol–water partition coefficient (Wildman–Crippen LogP) is 2.14. The fraction of sp³-hybridized carbons (Fsp3) is 0.316. The van der Waals surface area contributed by atoms with Gasteiger partial charge in [0.2, 0.25) is 11.7 Å². The fourth-order valence-corrected chi connectivity index (χ4v) is 2.92. The van der Waals surface area contributed by atoms with E-state index in [1.165, 1.54) is 5.56 Å². The summed E-state index contributed by atoms with van der Waals surface area (Å²) in [6, 6.07) is 12.0. The quantitative estimate of drug-likeness (QED) is 0.753. The molecule has 4 rings (SSSR count). The summed E-state index contributed by atoms with van der Waals surface area (Å²) in [6.07, 6.45) is 2.11. The largest absolute Gasteiger partial charge is 0.397 e. The van der Waals surface area contributed by atoms with Crippen LogP contribution in [0.15, 0.2) is 47.1 Å². The van der Waals surface area contributed by atoms with E-state index < -0.39 is 0 Å². The highest BCUT2D eigenvalue weighted by Gasteiger charge is 2.12. The molecule has 134 valence electrons. The van der Waals surface area contributed by atoms with Gasteiger partial charge in [-0.05, 0) is 17.7 Å². The van der Waals surface area contributed by atoms with Crippen LogP contribution in [0, 0.1) is 0 Å². The highest BCUT2D eigenvalue weighted by atomic mass is 16.5. The van der Waals surface area contributed by atoms with Crippen LogP contribution >= 0.6 is 0 Å². The summed E-state index contributed by atoms with van der Waals surface area (Å²) >= 11 is 0. The van der Waals surface area contributed by atoms with Gasteiger partial charge in [-0.25, -0.2) is 0 Å². The lowest BCUT2D eigenvalue weighted by atomic mass is 10.1. The molecule has 0 spiro atoms. The monoisotopic (exact) mass is 351 g/mol. The molecule has 3 heterocycles. The van der Waals surface area contributed by atoms with Gasteiger partial charge in [-0.15, -0.1) is 0 Å². The van der Waals surface area contributed by atoms with Gasteiger partial charge in [0.15, 0.2) is 0 Å². The summed E-state index contributed by atoms with van der Waals surface area (Å²) in [5.74, 6) is 1.13. The van der Waals surface area contributed by atoms with E-state index in [4.69, 9.17) is 15.0 Å². The minimum absolute atomic E-state index is 0.488. The van der Waals surface area contributed by atoms with Crippen LogP contribution in [0.4, 0.5) is 5.69 Å². The van der Waals surface area contributed by atoms with Gasteiger partial charge in [0.05, 0.1) is 31.5 Å². The molecule has 0 radical (unpaired) electrons. The summed E-state index contributed by atoms with van der Waals surface area (Å²) in [7, 11) is 0. The third-order valence-electron chi connectivity index (χ3n) is 4.37. The molecule has 0 amide bonds. The Morgan fingerprint density at radius 1 is 1.04 bits per heavy atom. The molecular formula is C19H21N5O2. The van der Waals surface area contributed by atoms with Gasteiger partial charge < -0.3 is 15.0 Å². The van der Waals surface area contributed by atoms with Crippen LogP contribution in [0.2, 0.25) is 0 Å². The Labute approximate surface area is 151 Å². The van der Waals surface area contributed by atoms with Crippen LogP contribution in [0.3, 0.4) is 0 Å². The number of rotatable bonds is 5. The minimum atomic E-state index is 0.488. The Hall–Kier alpha value is -2.77. The third kappa shape index (κ3) is 4.07. The van der Waals surface area contributed by atoms with Crippen LogP contribution in [-0.2, 0) is 17.7 Å². The Kier molecular flexibility index (Phi) is 4.90. The number of benzene rings is 1. The summed E-state index contributed by atoms with van der Waals surface area (Å²) in [5, 5.41) is 4.08. The van der Waals surface area contributed by atoms with E-state index in [1.54, 1.807) is 6.20 Å². The molecule has 0 unspecified atom stereocenters. The first kappa shape index (κ1) is 16.7. The maximum atomic E-state index is 5.65. The van der Waals surface area contributed by atoms with Crippen molar-refractivity contribution in [3.8, 4) is 11.4 Å². The number of hydrogen-bond acceptors (Lipinski definition) is 7. The molecule has 1 saturated heterocycles. The van der Waals surface area contributed by atoms with Crippen molar-refractivity contribution in [3.05, 3.63) is 59.7 Å². The van der Waals surface area contributed by atoms with E-state index in [0.29, 0.717) is 23.8 Å². The van der Waals surface area contributed by atoms with E-state index in [0.717, 1.165) is 44.1 Å². The van der Waals surface area contributed by atoms with Crippen LogP contribution in [0.1, 0.15) is 17.1 Å². The molecule has 7 nitrogen and oxygen atoms in total. The zero-order valence-corrected chi connectivity index (χ0v) is 14.5. The summed E-state index contributed by atoms with van der Waals surface area (Å²) in [6.45, 7) is 4.52. The van der Waals surface area contributed by atoms with E-state index in [2.05, 4.69) is 32.2 Å². The van der Waals surface area contributed by atoms with Gasteiger partial charge >= 0.3 is 0 Å². The molecule has 2 aromatic heterocycles. The molecule has 7 heteroatoms. The second kappa shape index (κ2) is 7.63. The Morgan fingerprint density at radius 2 is 1.85 bits per heavy atom. The maximum absolute atomic E-state index is 5.65. The van der Waals surface area contributed by atoms with Gasteiger partial charge in [0, 0.05) is 30.9 Å². The summed E-state index contributed by atoms with van der Waals surface area (Å²) < 4.78 is 10.7. The van der Waals surface area contributed by atoms with E-state index >= 15 is 0 Å². The molecule has 26 heavy (non-hydrogen) atoms. The van der Waals surface area contributed by atoms with Crippen molar-refractivity contribution < 1.29 is 9.26 Å². The first-order valence-electron chi connectivity index (χ1n) is 8.69. The SMILES string of the molecule is Nc1ccc(Cc2nc(-c3ccc(CN4CCOCC4)cc3)no2)nc1. The molecule has 1 aromatic carbocycles. The van der Waals surface area contributed by atoms with Crippen molar-refractivity contribution in [3.63, 3.8) is 0 Å². The molecular weight excluding hydrogens is 330 g/mol. The van der Waals surface area contributed by atoms with Crippen molar-refractivity contribution in [1.82, 2.24) is 20.0 Å². The van der Waals surface area contributed by atoms with Gasteiger partial charge in [-0.3, -0.25) is 9.88 Å². The fourth-order valence-electron chi connectivity index (χ4n) is 2.92. The molecule has 0 aliphatic carbocycles. The van der Waals surface area contributed by atoms with Crippen molar-refractivity contribution in [1.29, 1.82) is 0 Å². The number of morpholine rings is 1. The van der Waals surface area contributed by atoms with E-state index in [-0.39, 0.29) is 0 Å². The van der Waals surface area contributed by atoms with Gasteiger partial charge in [-0.2, -0.15) is 4.98 Å². The second-order valence-electron chi connectivity index (χ2n) is 6.36. The average Bonchev–Trinajstić information content (AvgIpc) is 3.14. The van der Waals surface area contributed by atoms with Crippen molar-refractivity contribution in [2.75, 3.05) is 32.0 Å². The van der Waals surface area contributed by atoms with Crippen LogP contribution < -0.4 is 5.73 Å². The summed E-state index contributed by atoms with van der Waals surface area (Å²) in [4.78, 5) is 11.1. The van der Waals surface area contributed by atoms with Gasteiger partial charge in [0.1, 0.15) is 0 Å². The van der Waals surface area contributed by atoms with Crippen LogP contribution in [0.25, 0.3) is 11.4 Å². The lowest BCUT2D eigenvalue weighted by molar-refractivity contribution is 0.0342. The molecule has 3 aromatic rings. The topological polar surface area (TPSA) is 90.3 Å². The van der Waals surface area contributed by atoms with Crippen LogP contribution in [0.5, 0.6) is 0 Å². The molecule has 0 bridgehead atoms. The molecule has 1 fully saturated rings. The first-order valence-corrected chi connectivity index (χ1v) is 8.69. The molecule has 2 N–H and O–H groups in total. The lowest BCUT2D eigenvalue weighted by Crippen LogP contribution is -2.35. The minimum Gasteiger partial charge on any atom is -0.397 e. The number of aromatic nitrogens is 3. The van der Waals surface area contributed by atoms with Crippen LogP contribution in [-0.4, -0.2) is 46.3 Å². The smallest absolute Gasteiger partial charge is 0.232 e. The lowest BCUT2D eigenvalue weighted by Gasteiger charge is -2.26. The van der Waals surface area contributed by atoms with Crippen molar-refractivity contribution in [2.24, 2.45) is 0 Å². The van der Waals surface area contributed by atoms with Crippen molar-refractivity contribution >= 4 is 5.69 Å². The van der Waals surface area contributed by atoms with Gasteiger partial charge in [0.25, 0.3) is 0 Å². The number of nitrogens with zero attached hydrogens (tertiary/aromatic N) is 4. The Bertz CT molecular complexity index is 839. The van der Waals surface area contributed by atoms with Crippen molar-refractivity contribution in [2.45, 2.75) is 13.0 Å². The Balaban J connectivity index is 1.41. The highest BCUT2D eigenvalue weighted by molar-refractivity contribution is 5.54. The molecule has 0 saturated carbocycles. The molecule has 1 aliphatic rings. The molecule has 0 atom stereocenters. The number of anilines is 1.